The number of rotatable bonds is 6. The van der Waals surface area contributed by atoms with Crippen LogP contribution in [-0.2, 0) is 4.79 Å². The Kier molecular flexibility index (Phi) is 4.76. The number of nitrogens with two attached hydrogens (primary N) is 1. The highest BCUT2D eigenvalue weighted by atomic mass is 32.2. The lowest BCUT2D eigenvalue weighted by Crippen LogP contribution is -2.38. The van der Waals surface area contributed by atoms with E-state index in [0.717, 1.165) is 12.2 Å². The van der Waals surface area contributed by atoms with Crippen molar-refractivity contribution in [2.24, 2.45) is 5.73 Å². The van der Waals surface area contributed by atoms with Gasteiger partial charge in [0.05, 0.1) is 12.1 Å². The number of aromatic hydroxyl groups is 2. The van der Waals surface area contributed by atoms with Crippen LogP contribution in [0.15, 0.2) is 12.1 Å². The molecule has 4 atom stereocenters. The fourth-order valence-corrected chi connectivity index (χ4v) is 4.50. The summed E-state index contributed by atoms with van der Waals surface area (Å²) in [4.78, 5) is 28.1. The van der Waals surface area contributed by atoms with E-state index < -0.39 is 12.0 Å². The van der Waals surface area contributed by atoms with Crippen LogP contribution >= 0.6 is 11.8 Å². The van der Waals surface area contributed by atoms with Gasteiger partial charge in [0.2, 0.25) is 11.8 Å². The summed E-state index contributed by atoms with van der Waals surface area (Å²) in [7, 11) is 0. The van der Waals surface area contributed by atoms with Gasteiger partial charge in [0.1, 0.15) is 6.04 Å². The minimum Gasteiger partial charge on any atom is -0.492 e. The molecule has 0 bridgehead atoms. The molecule has 3 heterocycles. The summed E-state index contributed by atoms with van der Waals surface area (Å²) in [5.41, 5.74) is 5.81. The molecular weight excluding hydrogens is 336 g/mol. The second-order valence-electron chi connectivity index (χ2n) is 5.91. The van der Waals surface area contributed by atoms with E-state index in [-0.39, 0.29) is 29.9 Å². The molecule has 1 unspecified atom stereocenters. The lowest BCUT2D eigenvalue weighted by molar-refractivity contribution is -0.147. The van der Waals surface area contributed by atoms with Crippen molar-refractivity contribution < 1.29 is 24.6 Å². The first-order valence-electron chi connectivity index (χ1n) is 7.72. The van der Waals surface area contributed by atoms with Crippen molar-refractivity contribution in [3.8, 4) is 11.8 Å². The molecule has 3 rings (SSSR count). The topological polar surface area (TPSA) is 139 Å². The number of fused-ring (bicyclic) bond motifs is 1. The lowest BCUT2D eigenvalue weighted by atomic mass is 10.0. The first-order chi connectivity index (χ1) is 11.5. The van der Waals surface area contributed by atoms with Gasteiger partial charge in [-0.1, -0.05) is 6.42 Å². The summed E-state index contributed by atoms with van der Waals surface area (Å²) in [6.45, 7) is 0. The lowest BCUT2D eigenvalue weighted by Gasteiger charge is -2.17. The summed E-state index contributed by atoms with van der Waals surface area (Å²) in [6, 6.07) is 1.72. The van der Waals surface area contributed by atoms with E-state index in [0.29, 0.717) is 22.8 Å². The Labute approximate surface area is 142 Å². The van der Waals surface area contributed by atoms with Crippen molar-refractivity contribution in [1.29, 1.82) is 0 Å². The zero-order valence-electron chi connectivity index (χ0n) is 12.8. The first kappa shape index (κ1) is 16.8. The maximum Gasteiger partial charge on any atom is 0.349 e. The molecule has 0 aliphatic carbocycles. The fraction of sp³-hybridized carbons (Fsp3) is 0.571. The second-order valence-corrected chi connectivity index (χ2v) is 7.19. The predicted molar refractivity (Wildman–Crippen MR) is 86.7 cm³/mol. The van der Waals surface area contributed by atoms with Gasteiger partial charge in [-0.3, -0.25) is 0 Å². The maximum absolute atomic E-state index is 11.9. The third-order valence-corrected chi connectivity index (χ3v) is 5.73. The smallest absolute Gasteiger partial charge is 0.349 e. The Hall–Kier alpha value is -2.07. The molecule has 1 aromatic heterocycles. The summed E-state index contributed by atoms with van der Waals surface area (Å²) in [5.74, 6) is -0.615. The molecule has 2 saturated heterocycles. The van der Waals surface area contributed by atoms with E-state index in [1.165, 1.54) is 12.1 Å². The zero-order valence-corrected chi connectivity index (χ0v) is 13.7. The van der Waals surface area contributed by atoms with Crippen molar-refractivity contribution in [3.63, 3.8) is 0 Å². The van der Waals surface area contributed by atoms with Crippen LogP contribution in [0.5, 0.6) is 11.8 Å². The van der Waals surface area contributed by atoms with Gasteiger partial charge in [0.15, 0.2) is 0 Å². The summed E-state index contributed by atoms with van der Waals surface area (Å²) < 4.78 is 0.624. The molecule has 0 aromatic carbocycles. The molecule has 2 aliphatic rings. The molecular formula is C14H20N4O5S. The number of carbonyl (C=O) groups excluding carboxylic acids is 2. The molecule has 2 amide bonds. The molecule has 1 aromatic rings. The van der Waals surface area contributed by atoms with E-state index in [4.69, 9.17) is 10.6 Å². The summed E-state index contributed by atoms with van der Waals surface area (Å²) >= 11 is 1.80. The molecule has 0 saturated carbocycles. The van der Waals surface area contributed by atoms with E-state index in [1.807, 2.05) is 0 Å². The molecule has 0 spiro atoms. The number of nitrogens with one attached hydrogen (secondary N) is 2. The van der Waals surface area contributed by atoms with Crippen molar-refractivity contribution in [1.82, 2.24) is 15.4 Å². The van der Waals surface area contributed by atoms with Crippen molar-refractivity contribution >= 4 is 23.8 Å². The van der Waals surface area contributed by atoms with Crippen LogP contribution in [0.2, 0.25) is 0 Å². The normalized spacial score (nSPS) is 26.5. The van der Waals surface area contributed by atoms with E-state index >= 15 is 0 Å². The van der Waals surface area contributed by atoms with E-state index in [9.17, 15) is 19.8 Å². The van der Waals surface area contributed by atoms with Gasteiger partial charge in [0, 0.05) is 23.1 Å². The Morgan fingerprint density at radius 2 is 2.12 bits per heavy atom. The molecule has 132 valence electrons. The molecule has 10 heteroatoms. The molecule has 6 N–H and O–H groups in total. The molecule has 0 radical (unpaired) electrons. The Morgan fingerprint density at radius 3 is 2.83 bits per heavy atom. The van der Waals surface area contributed by atoms with Gasteiger partial charge in [0.25, 0.3) is 0 Å². The number of nitrogens with zero attached hydrogens (tertiary/aromatic N) is 1. The van der Waals surface area contributed by atoms with Gasteiger partial charge < -0.3 is 31.4 Å². The van der Waals surface area contributed by atoms with Gasteiger partial charge in [-0.25, -0.2) is 9.59 Å². The minimum atomic E-state index is -0.857. The third-order valence-electron chi connectivity index (χ3n) is 4.22. The highest BCUT2D eigenvalue weighted by Gasteiger charge is 2.42. The number of thioether (sulfide) groups is 1. The highest BCUT2D eigenvalue weighted by molar-refractivity contribution is 8.00. The average molecular weight is 356 g/mol. The van der Waals surface area contributed by atoms with E-state index in [2.05, 4.69) is 10.6 Å². The number of amides is 2. The largest absolute Gasteiger partial charge is 0.492 e. The van der Waals surface area contributed by atoms with Crippen molar-refractivity contribution in [3.05, 3.63) is 12.1 Å². The number of hydrogen-bond acceptors (Lipinski definition) is 7. The SMILES string of the molecule is NC(CCC[C@@H]1SC[C@@H]2NC(=O)N[C@@H]21)C(=O)On1c(O)ccc1O. The summed E-state index contributed by atoms with van der Waals surface area (Å²) in [6.07, 6.45) is 1.95. The Morgan fingerprint density at radius 1 is 1.42 bits per heavy atom. The average Bonchev–Trinajstić information content (AvgIpc) is 3.18. The number of hydrogen-bond donors (Lipinski definition) is 5. The Bertz CT molecular complexity index is 617. The molecule has 2 fully saturated rings. The van der Waals surface area contributed by atoms with Crippen LogP contribution in [0.4, 0.5) is 4.79 Å². The zero-order chi connectivity index (χ0) is 17.3. The number of carbonyl (C=O) groups is 2. The van der Waals surface area contributed by atoms with Crippen LogP contribution in [0, 0.1) is 0 Å². The van der Waals surface area contributed by atoms with Crippen LogP contribution in [0.3, 0.4) is 0 Å². The van der Waals surface area contributed by atoms with Crippen LogP contribution < -0.4 is 21.2 Å². The number of aromatic nitrogens is 1. The molecule has 24 heavy (non-hydrogen) atoms. The number of urea groups is 1. The van der Waals surface area contributed by atoms with Crippen LogP contribution in [0.1, 0.15) is 19.3 Å². The molecule has 9 nitrogen and oxygen atoms in total. The van der Waals surface area contributed by atoms with Gasteiger partial charge in [-0.05, 0) is 12.8 Å². The monoisotopic (exact) mass is 356 g/mol. The van der Waals surface area contributed by atoms with Gasteiger partial charge in [-0.2, -0.15) is 11.8 Å². The maximum atomic E-state index is 11.9. The summed E-state index contributed by atoms with van der Waals surface area (Å²) in [5, 5.41) is 25.0. The quantitative estimate of drug-likeness (QED) is 0.434. The van der Waals surface area contributed by atoms with Gasteiger partial charge in [-0.15, -0.1) is 4.73 Å². The highest BCUT2D eigenvalue weighted by Crippen LogP contribution is 2.33. The van der Waals surface area contributed by atoms with Crippen LogP contribution in [0.25, 0.3) is 0 Å². The third kappa shape index (κ3) is 3.39. The minimum absolute atomic E-state index is 0.123. The second kappa shape index (κ2) is 6.81. The van der Waals surface area contributed by atoms with Crippen molar-refractivity contribution in [2.45, 2.75) is 42.6 Å². The van der Waals surface area contributed by atoms with E-state index in [1.54, 1.807) is 11.8 Å². The van der Waals surface area contributed by atoms with Gasteiger partial charge >= 0.3 is 12.0 Å². The molecule has 2 aliphatic heterocycles. The first-order valence-corrected chi connectivity index (χ1v) is 8.76. The predicted octanol–water partition coefficient (Wildman–Crippen LogP) is -0.483. The Balaban J connectivity index is 1.43. The van der Waals surface area contributed by atoms with Crippen LogP contribution in [-0.4, -0.2) is 56.1 Å². The van der Waals surface area contributed by atoms with Crippen molar-refractivity contribution in [2.75, 3.05) is 5.75 Å². The standard InChI is InChI=1S/C14H20N4O5S/c15-7(13(21)23-18-10(19)4-5-11(18)20)2-1-3-9-12-8(6-24-9)16-14(22)17-12/h4-5,7-9,12,19-20H,1-3,6,15H2,(H2,16,17,22)/t7?,8-,9-,12-/m0/s1. The fourth-order valence-electron chi connectivity index (χ4n) is 2.95.